The summed E-state index contributed by atoms with van der Waals surface area (Å²) in [5.74, 6) is 0. The fraction of sp³-hybridized carbons (Fsp3) is 0. The Balaban J connectivity index is 2.95. The zero-order valence-corrected chi connectivity index (χ0v) is 5.46. The molecule has 1 aromatic heterocycles. The molecule has 1 N–H and O–H groups in total. The zero-order chi connectivity index (χ0) is 6.97. The van der Waals surface area contributed by atoms with Crippen molar-refractivity contribution < 1.29 is 0 Å². The molecular formula is C8H7N2. The Morgan fingerprint density at radius 3 is 3.10 bits per heavy atom. The van der Waals surface area contributed by atoms with E-state index in [0.29, 0.717) is 0 Å². The zero-order valence-electron chi connectivity index (χ0n) is 5.46. The van der Waals surface area contributed by atoms with Crippen LogP contribution in [0.3, 0.4) is 0 Å². The molecule has 0 atom stereocenters. The quantitative estimate of drug-likeness (QED) is 0.579. The van der Waals surface area contributed by atoms with Crippen LogP contribution in [0.4, 0.5) is 0 Å². The molecule has 0 saturated carbocycles. The maximum Gasteiger partial charge on any atom is 0.0653 e. The molecule has 0 aliphatic heterocycles. The number of aromatic nitrogens is 2. The summed E-state index contributed by atoms with van der Waals surface area (Å²) in [7, 11) is 0. The number of hydrogen-bond donors (Lipinski definition) is 1. The summed E-state index contributed by atoms with van der Waals surface area (Å²) in [6.07, 6.45) is 1.79. The van der Waals surface area contributed by atoms with E-state index in [9.17, 15) is 0 Å². The highest BCUT2D eigenvalue weighted by molar-refractivity contribution is 5.82. The van der Waals surface area contributed by atoms with E-state index >= 15 is 0 Å². The largest absolute Gasteiger partial charge is 0.278 e. The third kappa shape index (κ3) is 0.620. The van der Waals surface area contributed by atoms with Gasteiger partial charge in [0.2, 0.25) is 0 Å². The van der Waals surface area contributed by atoms with Crippen molar-refractivity contribution in [2.24, 2.45) is 0 Å². The van der Waals surface area contributed by atoms with Gasteiger partial charge in [0, 0.05) is 5.39 Å². The smallest absolute Gasteiger partial charge is 0.0653 e. The molecule has 0 unspecified atom stereocenters. The van der Waals surface area contributed by atoms with Gasteiger partial charge in [-0.15, -0.1) is 0 Å². The van der Waals surface area contributed by atoms with E-state index in [1.165, 1.54) is 0 Å². The van der Waals surface area contributed by atoms with Crippen LogP contribution in [0.1, 0.15) is 5.56 Å². The fourth-order valence-electron chi connectivity index (χ4n) is 1.03. The number of benzene rings is 1. The van der Waals surface area contributed by atoms with Gasteiger partial charge in [-0.25, -0.2) is 0 Å². The summed E-state index contributed by atoms with van der Waals surface area (Å²) in [5, 5.41) is 7.87. The van der Waals surface area contributed by atoms with Crippen LogP contribution in [-0.2, 0) is 0 Å². The fourth-order valence-corrected chi connectivity index (χ4v) is 1.03. The van der Waals surface area contributed by atoms with E-state index in [2.05, 4.69) is 17.1 Å². The predicted octanol–water partition coefficient (Wildman–Crippen LogP) is 1.75. The lowest BCUT2D eigenvalue weighted by Gasteiger charge is -1.90. The van der Waals surface area contributed by atoms with Gasteiger partial charge in [-0.05, 0) is 18.6 Å². The van der Waals surface area contributed by atoms with Crippen molar-refractivity contribution in [3.63, 3.8) is 0 Å². The lowest BCUT2D eigenvalue weighted by Crippen LogP contribution is -1.71. The minimum absolute atomic E-state index is 1.02. The van der Waals surface area contributed by atoms with Crippen molar-refractivity contribution >= 4 is 10.9 Å². The third-order valence-electron chi connectivity index (χ3n) is 1.58. The minimum Gasteiger partial charge on any atom is -0.278 e. The molecule has 0 bridgehead atoms. The van der Waals surface area contributed by atoms with Crippen LogP contribution in [0.2, 0.25) is 0 Å². The second-order valence-electron chi connectivity index (χ2n) is 2.25. The first-order valence-corrected chi connectivity index (χ1v) is 3.12. The van der Waals surface area contributed by atoms with Crippen LogP contribution in [0.25, 0.3) is 10.9 Å². The van der Waals surface area contributed by atoms with Gasteiger partial charge in [0.05, 0.1) is 11.7 Å². The maximum absolute atomic E-state index is 3.90. The van der Waals surface area contributed by atoms with Crippen molar-refractivity contribution in [1.82, 2.24) is 10.2 Å². The number of fused-ring (bicyclic) bond motifs is 1. The molecule has 2 rings (SSSR count). The molecule has 2 nitrogen and oxygen atoms in total. The van der Waals surface area contributed by atoms with Gasteiger partial charge in [-0.3, -0.25) is 5.10 Å². The van der Waals surface area contributed by atoms with Crippen molar-refractivity contribution in [3.8, 4) is 0 Å². The van der Waals surface area contributed by atoms with E-state index in [1.54, 1.807) is 6.20 Å². The molecule has 2 heteroatoms. The van der Waals surface area contributed by atoms with Crippen LogP contribution >= 0.6 is 0 Å². The lowest BCUT2D eigenvalue weighted by molar-refractivity contribution is 1.12. The van der Waals surface area contributed by atoms with Crippen molar-refractivity contribution in [3.05, 3.63) is 36.9 Å². The number of nitrogens with zero attached hydrogens (tertiary/aromatic N) is 1. The molecule has 1 aromatic carbocycles. The predicted molar refractivity (Wildman–Crippen MR) is 40.6 cm³/mol. The highest BCUT2D eigenvalue weighted by Crippen LogP contribution is 2.13. The molecule has 2 aromatic rings. The van der Waals surface area contributed by atoms with Crippen molar-refractivity contribution in [2.75, 3.05) is 0 Å². The third-order valence-corrected chi connectivity index (χ3v) is 1.58. The molecule has 10 heavy (non-hydrogen) atoms. The summed E-state index contributed by atoms with van der Waals surface area (Å²) in [4.78, 5) is 0. The summed E-state index contributed by atoms with van der Waals surface area (Å²) in [5.41, 5.74) is 2.07. The molecule has 0 spiro atoms. The van der Waals surface area contributed by atoms with E-state index in [-0.39, 0.29) is 0 Å². The molecule has 0 fully saturated rings. The van der Waals surface area contributed by atoms with Gasteiger partial charge in [-0.1, -0.05) is 12.1 Å². The van der Waals surface area contributed by atoms with Crippen molar-refractivity contribution in [1.29, 1.82) is 0 Å². The molecule has 0 amide bonds. The number of rotatable bonds is 0. The monoisotopic (exact) mass is 131 g/mol. The number of aromatic amines is 1. The summed E-state index contributed by atoms with van der Waals surface area (Å²) in [6, 6.07) is 5.91. The van der Waals surface area contributed by atoms with E-state index < -0.39 is 0 Å². The SMILES string of the molecule is [CH2]c1cccc2[nH]ncc12. The lowest BCUT2D eigenvalue weighted by atomic mass is 10.2. The second kappa shape index (κ2) is 1.84. The Labute approximate surface area is 58.9 Å². The van der Waals surface area contributed by atoms with Crippen LogP contribution in [0.5, 0.6) is 0 Å². The molecular weight excluding hydrogens is 124 g/mol. The van der Waals surface area contributed by atoms with E-state index in [1.807, 2.05) is 18.2 Å². The molecule has 0 aliphatic rings. The van der Waals surface area contributed by atoms with Crippen LogP contribution in [0, 0.1) is 6.92 Å². The van der Waals surface area contributed by atoms with E-state index in [4.69, 9.17) is 0 Å². The Kier molecular flexibility index (Phi) is 1.01. The maximum atomic E-state index is 3.90. The average molecular weight is 131 g/mol. The van der Waals surface area contributed by atoms with Crippen molar-refractivity contribution in [2.45, 2.75) is 0 Å². The first kappa shape index (κ1) is 5.47. The molecule has 0 aliphatic carbocycles. The van der Waals surface area contributed by atoms with Gasteiger partial charge in [-0.2, -0.15) is 5.10 Å². The molecule has 49 valence electrons. The van der Waals surface area contributed by atoms with Crippen LogP contribution in [0.15, 0.2) is 24.4 Å². The standard InChI is InChI=1S/C8H7N2/c1-6-3-2-4-8-7(6)5-9-10-8/h2-5H,1H2,(H,9,10). The number of hydrogen-bond acceptors (Lipinski definition) is 1. The molecule has 1 heterocycles. The molecule has 0 saturated heterocycles. The normalized spacial score (nSPS) is 10.5. The van der Waals surface area contributed by atoms with Gasteiger partial charge in [0.25, 0.3) is 0 Å². The Hall–Kier alpha value is -1.31. The Morgan fingerprint density at radius 2 is 2.30 bits per heavy atom. The topological polar surface area (TPSA) is 28.7 Å². The second-order valence-corrected chi connectivity index (χ2v) is 2.25. The van der Waals surface area contributed by atoms with Gasteiger partial charge >= 0.3 is 0 Å². The number of nitrogens with one attached hydrogen (secondary N) is 1. The Morgan fingerprint density at radius 1 is 1.40 bits per heavy atom. The first-order chi connectivity index (χ1) is 4.88. The highest BCUT2D eigenvalue weighted by atomic mass is 15.1. The summed E-state index contributed by atoms with van der Waals surface area (Å²) >= 11 is 0. The minimum atomic E-state index is 1.02. The highest BCUT2D eigenvalue weighted by Gasteiger charge is 1.95. The van der Waals surface area contributed by atoms with Gasteiger partial charge < -0.3 is 0 Å². The summed E-state index contributed by atoms with van der Waals surface area (Å²) in [6.45, 7) is 3.86. The van der Waals surface area contributed by atoms with E-state index in [0.717, 1.165) is 16.5 Å². The Bertz CT molecular complexity index is 349. The summed E-state index contributed by atoms with van der Waals surface area (Å²) < 4.78 is 0. The van der Waals surface area contributed by atoms with Gasteiger partial charge in [0.15, 0.2) is 0 Å². The van der Waals surface area contributed by atoms with Crippen LogP contribution in [-0.4, -0.2) is 10.2 Å². The average Bonchev–Trinajstić information content (AvgIpc) is 2.36. The van der Waals surface area contributed by atoms with Gasteiger partial charge in [0.1, 0.15) is 0 Å². The first-order valence-electron chi connectivity index (χ1n) is 3.12. The van der Waals surface area contributed by atoms with Crippen LogP contribution < -0.4 is 0 Å². The number of H-pyrrole nitrogens is 1. The molecule has 1 radical (unpaired) electrons.